The van der Waals surface area contributed by atoms with E-state index in [2.05, 4.69) is 23.7 Å². The molecule has 0 bridgehead atoms. The van der Waals surface area contributed by atoms with Gasteiger partial charge in [-0.3, -0.25) is 4.99 Å². The van der Waals surface area contributed by atoms with Gasteiger partial charge in [0.2, 0.25) is 0 Å². The van der Waals surface area contributed by atoms with E-state index in [0.717, 1.165) is 0 Å². The Balaban J connectivity index is 2.59. The minimum absolute atomic E-state index is 0.619. The number of aliphatic imine (C=N–C) groups is 1. The van der Waals surface area contributed by atoms with Gasteiger partial charge >= 0.3 is 0 Å². The normalized spacial score (nSPS) is 23.3. The summed E-state index contributed by atoms with van der Waals surface area (Å²) >= 11 is 0. The summed E-state index contributed by atoms with van der Waals surface area (Å²) in [7, 11) is 1.90. The molecule has 64 valence electrons. The van der Waals surface area contributed by atoms with Crippen LogP contribution in [0.1, 0.15) is 33.1 Å². The lowest BCUT2D eigenvalue weighted by Gasteiger charge is -2.33. The van der Waals surface area contributed by atoms with Crippen LogP contribution in [0.5, 0.6) is 0 Å². The number of amidine groups is 1. The van der Waals surface area contributed by atoms with Crippen LogP contribution in [0.2, 0.25) is 0 Å². The van der Waals surface area contributed by atoms with Crippen LogP contribution in [0, 0.1) is 0 Å². The van der Waals surface area contributed by atoms with Gasteiger partial charge in [0.05, 0.1) is 5.84 Å². The predicted molar refractivity (Wildman–Crippen MR) is 49.1 cm³/mol. The summed E-state index contributed by atoms with van der Waals surface area (Å²) in [5, 5.41) is 0. The zero-order valence-electron chi connectivity index (χ0n) is 7.80. The summed E-state index contributed by atoms with van der Waals surface area (Å²) in [5.74, 6) is 1.30. The van der Waals surface area contributed by atoms with Crippen LogP contribution in [-0.2, 0) is 0 Å². The van der Waals surface area contributed by atoms with Gasteiger partial charge in [0.1, 0.15) is 0 Å². The Bertz CT molecular complexity index is 150. The zero-order chi connectivity index (χ0) is 8.27. The van der Waals surface area contributed by atoms with Crippen molar-refractivity contribution in [2.75, 3.05) is 13.6 Å². The summed E-state index contributed by atoms with van der Waals surface area (Å²) in [6.45, 7) is 5.66. The van der Waals surface area contributed by atoms with Crippen molar-refractivity contribution in [2.45, 2.75) is 39.2 Å². The van der Waals surface area contributed by atoms with Gasteiger partial charge in [-0.2, -0.15) is 0 Å². The molecule has 1 heterocycles. The fourth-order valence-electron chi connectivity index (χ4n) is 1.63. The van der Waals surface area contributed by atoms with E-state index in [1.54, 1.807) is 0 Å². The quantitative estimate of drug-likeness (QED) is 0.563. The summed E-state index contributed by atoms with van der Waals surface area (Å²) < 4.78 is 0. The van der Waals surface area contributed by atoms with Crippen molar-refractivity contribution in [3.8, 4) is 0 Å². The number of hydrogen-bond donors (Lipinski definition) is 0. The average molecular weight is 154 g/mol. The van der Waals surface area contributed by atoms with E-state index in [-0.39, 0.29) is 0 Å². The van der Waals surface area contributed by atoms with Gasteiger partial charge in [0.25, 0.3) is 0 Å². The van der Waals surface area contributed by atoms with Crippen molar-refractivity contribution < 1.29 is 0 Å². The molecule has 0 radical (unpaired) electrons. The maximum Gasteiger partial charge on any atom is 0.0987 e. The number of likely N-dealkylation sites (tertiary alicyclic amines) is 1. The highest BCUT2D eigenvalue weighted by Gasteiger charge is 2.17. The van der Waals surface area contributed by atoms with Crippen LogP contribution in [0.25, 0.3) is 0 Å². The Morgan fingerprint density at radius 1 is 1.36 bits per heavy atom. The molecule has 0 spiro atoms. The second-order valence-electron chi connectivity index (χ2n) is 3.38. The summed E-state index contributed by atoms with van der Waals surface area (Å²) in [5.41, 5.74) is 0. The van der Waals surface area contributed by atoms with Crippen LogP contribution >= 0.6 is 0 Å². The molecule has 0 N–H and O–H groups in total. The molecule has 0 saturated carbocycles. The molecular weight excluding hydrogens is 136 g/mol. The van der Waals surface area contributed by atoms with Crippen LogP contribution in [0.15, 0.2) is 4.99 Å². The number of rotatable bonds is 1. The molecule has 0 aliphatic carbocycles. The smallest absolute Gasteiger partial charge is 0.0987 e. The Kier molecular flexibility index (Phi) is 2.92. The van der Waals surface area contributed by atoms with Crippen molar-refractivity contribution in [1.29, 1.82) is 0 Å². The van der Waals surface area contributed by atoms with Gasteiger partial charge in [-0.1, -0.05) is 0 Å². The van der Waals surface area contributed by atoms with Crippen molar-refractivity contribution in [3.05, 3.63) is 0 Å². The van der Waals surface area contributed by atoms with Gasteiger partial charge in [0.15, 0.2) is 0 Å². The van der Waals surface area contributed by atoms with E-state index in [1.165, 1.54) is 31.6 Å². The number of piperidine rings is 1. The molecule has 11 heavy (non-hydrogen) atoms. The monoisotopic (exact) mass is 154 g/mol. The van der Waals surface area contributed by atoms with Crippen molar-refractivity contribution in [3.63, 3.8) is 0 Å². The summed E-state index contributed by atoms with van der Waals surface area (Å²) in [6.07, 6.45) is 3.82. The molecule has 0 aromatic rings. The maximum absolute atomic E-state index is 4.29. The SMILES string of the molecule is C/N=C1\CCCCN1C(C)C. The molecule has 2 nitrogen and oxygen atoms in total. The Hall–Kier alpha value is -0.530. The molecule has 1 aliphatic rings. The van der Waals surface area contributed by atoms with E-state index < -0.39 is 0 Å². The first-order valence-corrected chi connectivity index (χ1v) is 4.48. The van der Waals surface area contributed by atoms with Crippen molar-refractivity contribution in [2.24, 2.45) is 4.99 Å². The second-order valence-corrected chi connectivity index (χ2v) is 3.38. The molecule has 0 amide bonds. The fourth-order valence-corrected chi connectivity index (χ4v) is 1.63. The molecule has 0 unspecified atom stereocenters. The van der Waals surface area contributed by atoms with Gasteiger partial charge in [-0.25, -0.2) is 0 Å². The van der Waals surface area contributed by atoms with Crippen LogP contribution in [0.4, 0.5) is 0 Å². The third-order valence-corrected chi connectivity index (χ3v) is 2.26. The molecule has 2 heteroatoms. The molecule has 1 rings (SSSR count). The third-order valence-electron chi connectivity index (χ3n) is 2.26. The topological polar surface area (TPSA) is 15.6 Å². The fraction of sp³-hybridized carbons (Fsp3) is 0.889. The minimum atomic E-state index is 0.619. The lowest BCUT2D eigenvalue weighted by molar-refractivity contribution is 0.313. The number of hydrogen-bond acceptors (Lipinski definition) is 1. The van der Waals surface area contributed by atoms with E-state index in [4.69, 9.17) is 0 Å². The van der Waals surface area contributed by atoms with Gasteiger partial charge in [-0.05, 0) is 26.7 Å². The van der Waals surface area contributed by atoms with Gasteiger partial charge in [-0.15, -0.1) is 0 Å². The average Bonchev–Trinajstić information content (AvgIpc) is 2.04. The zero-order valence-corrected chi connectivity index (χ0v) is 7.80. The lowest BCUT2D eigenvalue weighted by atomic mass is 10.1. The highest BCUT2D eigenvalue weighted by atomic mass is 15.2. The van der Waals surface area contributed by atoms with E-state index in [9.17, 15) is 0 Å². The van der Waals surface area contributed by atoms with Crippen molar-refractivity contribution in [1.82, 2.24) is 4.90 Å². The van der Waals surface area contributed by atoms with Crippen LogP contribution in [-0.4, -0.2) is 30.4 Å². The molecule has 0 aromatic heterocycles. The van der Waals surface area contributed by atoms with Gasteiger partial charge in [0, 0.05) is 26.1 Å². The second kappa shape index (κ2) is 3.74. The van der Waals surface area contributed by atoms with E-state index in [0.29, 0.717) is 6.04 Å². The summed E-state index contributed by atoms with van der Waals surface area (Å²) in [4.78, 5) is 6.70. The third kappa shape index (κ3) is 1.95. The molecule has 1 fully saturated rings. The first-order valence-electron chi connectivity index (χ1n) is 4.48. The van der Waals surface area contributed by atoms with Crippen molar-refractivity contribution >= 4 is 5.84 Å². The van der Waals surface area contributed by atoms with Gasteiger partial charge < -0.3 is 4.90 Å². The highest BCUT2D eigenvalue weighted by Crippen LogP contribution is 2.14. The lowest BCUT2D eigenvalue weighted by Crippen LogP contribution is -2.40. The van der Waals surface area contributed by atoms with E-state index >= 15 is 0 Å². The molecular formula is C9H18N2. The molecule has 0 aromatic carbocycles. The first kappa shape index (κ1) is 8.57. The van der Waals surface area contributed by atoms with Crippen LogP contribution < -0.4 is 0 Å². The predicted octanol–water partition coefficient (Wildman–Crippen LogP) is 1.91. The largest absolute Gasteiger partial charge is 0.358 e. The molecule has 1 saturated heterocycles. The first-order chi connectivity index (χ1) is 5.25. The Morgan fingerprint density at radius 3 is 2.55 bits per heavy atom. The van der Waals surface area contributed by atoms with Crippen LogP contribution in [0.3, 0.4) is 0 Å². The molecule has 1 aliphatic heterocycles. The maximum atomic E-state index is 4.29. The standard InChI is InChI=1S/C9H18N2/c1-8(2)11-7-5-4-6-9(11)10-3/h8H,4-7H2,1-3H3/b10-9+. The minimum Gasteiger partial charge on any atom is -0.358 e. The Labute approximate surface area is 69.3 Å². The summed E-state index contributed by atoms with van der Waals surface area (Å²) in [6, 6.07) is 0.619. The number of nitrogens with zero attached hydrogens (tertiary/aromatic N) is 2. The Morgan fingerprint density at radius 2 is 2.09 bits per heavy atom. The van der Waals surface area contributed by atoms with E-state index in [1.807, 2.05) is 7.05 Å². The molecule has 0 atom stereocenters. The highest BCUT2D eigenvalue weighted by molar-refractivity contribution is 5.83.